The highest BCUT2D eigenvalue weighted by atomic mass is 19.4. The Morgan fingerprint density at radius 2 is 1.88 bits per heavy atom. The maximum atomic E-state index is 13.4. The van der Waals surface area contributed by atoms with E-state index in [1.807, 2.05) is 0 Å². The van der Waals surface area contributed by atoms with Gasteiger partial charge in [-0.15, -0.1) is 0 Å². The second kappa shape index (κ2) is 3.62. The van der Waals surface area contributed by atoms with Crippen molar-refractivity contribution in [3.8, 4) is 5.69 Å². The molecule has 2 nitrogen and oxygen atoms in total. The zero-order valence-electron chi connectivity index (χ0n) is 7.87. The van der Waals surface area contributed by atoms with Crippen LogP contribution in [-0.4, -0.2) is 9.78 Å². The molecule has 0 saturated carbocycles. The molecule has 0 spiro atoms. The van der Waals surface area contributed by atoms with Crippen LogP contribution < -0.4 is 0 Å². The molecule has 6 heteroatoms. The average Bonchev–Trinajstić information content (AvgIpc) is 2.68. The topological polar surface area (TPSA) is 17.8 Å². The third-order valence-corrected chi connectivity index (χ3v) is 2.03. The van der Waals surface area contributed by atoms with Crippen molar-refractivity contribution in [2.24, 2.45) is 0 Å². The lowest BCUT2D eigenvalue weighted by Gasteiger charge is -2.13. The van der Waals surface area contributed by atoms with E-state index in [4.69, 9.17) is 0 Å². The highest BCUT2D eigenvalue weighted by molar-refractivity contribution is 5.43. The van der Waals surface area contributed by atoms with Crippen LogP contribution in [-0.2, 0) is 6.18 Å². The highest BCUT2D eigenvalue weighted by Crippen LogP contribution is 2.34. The minimum absolute atomic E-state index is 0.583. The van der Waals surface area contributed by atoms with Crippen molar-refractivity contribution < 1.29 is 17.6 Å². The number of halogens is 4. The molecular formula is C10H6F4N2. The van der Waals surface area contributed by atoms with E-state index in [1.165, 1.54) is 18.5 Å². The fraction of sp³-hybridized carbons (Fsp3) is 0.100. The molecule has 0 atom stereocenters. The van der Waals surface area contributed by atoms with Crippen LogP contribution >= 0.6 is 0 Å². The first-order valence-corrected chi connectivity index (χ1v) is 4.36. The summed E-state index contributed by atoms with van der Waals surface area (Å²) in [6, 6.07) is 4.23. The number of nitrogens with zero attached hydrogens (tertiary/aromatic N) is 2. The number of rotatable bonds is 1. The van der Waals surface area contributed by atoms with E-state index in [0.29, 0.717) is 0 Å². The van der Waals surface area contributed by atoms with Crippen LogP contribution in [0.5, 0.6) is 0 Å². The first kappa shape index (κ1) is 10.7. The normalized spacial score (nSPS) is 11.8. The molecule has 0 N–H and O–H groups in total. The van der Waals surface area contributed by atoms with Gasteiger partial charge in [-0.1, -0.05) is 6.07 Å². The van der Waals surface area contributed by atoms with Crippen LogP contribution in [0.25, 0.3) is 5.69 Å². The van der Waals surface area contributed by atoms with Crippen molar-refractivity contribution in [3.63, 3.8) is 0 Å². The molecule has 16 heavy (non-hydrogen) atoms. The van der Waals surface area contributed by atoms with E-state index in [0.717, 1.165) is 22.9 Å². The Hall–Kier alpha value is -1.85. The molecular weight excluding hydrogens is 224 g/mol. The Labute approximate surface area is 88.1 Å². The van der Waals surface area contributed by atoms with E-state index >= 15 is 0 Å². The third-order valence-electron chi connectivity index (χ3n) is 2.03. The summed E-state index contributed by atoms with van der Waals surface area (Å²) >= 11 is 0. The zero-order valence-corrected chi connectivity index (χ0v) is 7.87. The van der Waals surface area contributed by atoms with Gasteiger partial charge in [0, 0.05) is 12.4 Å². The second-order valence-corrected chi connectivity index (χ2v) is 3.08. The van der Waals surface area contributed by atoms with Crippen molar-refractivity contribution in [2.45, 2.75) is 6.18 Å². The number of alkyl halides is 3. The van der Waals surface area contributed by atoms with Crippen molar-refractivity contribution in [1.82, 2.24) is 9.78 Å². The minimum Gasteiger partial charge on any atom is -0.237 e. The molecule has 0 aliphatic carbocycles. The Kier molecular flexibility index (Phi) is 2.41. The van der Waals surface area contributed by atoms with Gasteiger partial charge < -0.3 is 0 Å². The van der Waals surface area contributed by atoms with Gasteiger partial charge in [0.15, 0.2) is 0 Å². The standard InChI is InChI=1S/C10H6F4N2/c11-8-4-1-3-7(10(12,13)14)9(8)16-6-2-5-15-16/h1-6H. The van der Waals surface area contributed by atoms with Crippen molar-refractivity contribution in [3.05, 3.63) is 48.0 Å². The Balaban J connectivity index is 2.68. The molecule has 0 bridgehead atoms. The Morgan fingerprint density at radius 3 is 2.44 bits per heavy atom. The van der Waals surface area contributed by atoms with Gasteiger partial charge >= 0.3 is 6.18 Å². The Morgan fingerprint density at radius 1 is 1.12 bits per heavy atom. The molecule has 0 unspecified atom stereocenters. The smallest absolute Gasteiger partial charge is 0.237 e. The fourth-order valence-electron chi connectivity index (χ4n) is 1.38. The first-order chi connectivity index (χ1) is 7.50. The number of aromatic nitrogens is 2. The van der Waals surface area contributed by atoms with E-state index in [-0.39, 0.29) is 0 Å². The van der Waals surface area contributed by atoms with E-state index in [9.17, 15) is 17.6 Å². The highest BCUT2D eigenvalue weighted by Gasteiger charge is 2.35. The Bertz CT molecular complexity index is 488. The fourth-order valence-corrected chi connectivity index (χ4v) is 1.38. The first-order valence-electron chi connectivity index (χ1n) is 4.36. The van der Waals surface area contributed by atoms with E-state index < -0.39 is 23.2 Å². The number of benzene rings is 1. The zero-order chi connectivity index (χ0) is 11.8. The molecule has 2 rings (SSSR count). The largest absolute Gasteiger partial charge is 0.418 e. The van der Waals surface area contributed by atoms with Crippen LogP contribution in [0, 0.1) is 5.82 Å². The second-order valence-electron chi connectivity index (χ2n) is 3.08. The third kappa shape index (κ3) is 1.78. The van der Waals surface area contributed by atoms with Crippen LogP contribution in [0.15, 0.2) is 36.7 Å². The van der Waals surface area contributed by atoms with Crippen molar-refractivity contribution >= 4 is 0 Å². The average molecular weight is 230 g/mol. The molecule has 0 amide bonds. The molecule has 1 heterocycles. The molecule has 0 radical (unpaired) electrons. The lowest BCUT2D eigenvalue weighted by molar-refractivity contribution is -0.137. The van der Waals surface area contributed by atoms with Gasteiger partial charge in [-0.25, -0.2) is 9.07 Å². The predicted octanol–water partition coefficient (Wildman–Crippen LogP) is 3.03. The summed E-state index contributed by atoms with van der Waals surface area (Å²) in [5.41, 5.74) is -1.63. The van der Waals surface area contributed by atoms with Gasteiger partial charge in [-0.3, -0.25) is 0 Å². The summed E-state index contributed by atoms with van der Waals surface area (Å²) in [7, 11) is 0. The van der Waals surface area contributed by atoms with Gasteiger partial charge in [0.2, 0.25) is 0 Å². The molecule has 1 aromatic carbocycles. The summed E-state index contributed by atoms with van der Waals surface area (Å²) in [6.45, 7) is 0. The molecule has 0 saturated heterocycles. The number of para-hydroxylation sites is 1. The summed E-state index contributed by atoms with van der Waals surface area (Å²) in [4.78, 5) is 0. The molecule has 0 aliphatic heterocycles. The molecule has 0 fully saturated rings. The summed E-state index contributed by atoms with van der Waals surface area (Å²) in [5.74, 6) is -0.960. The summed E-state index contributed by atoms with van der Waals surface area (Å²) in [6.07, 6.45) is -2.07. The molecule has 2 aromatic rings. The minimum atomic E-state index is -4.61. The maximum absolute atomic E-state index is 13.4. The van der Waals surface area contributed by atoms with Gasteiger partial charge in [0.05, 0.1) is 5.56 Å². The molecule has 1 aromatic heterocycles. The maximum Gasteiger partial charge on any atom is 0.418 e. The van der Waals surface area contributed by atoms with Crippen LogP contribution in [0.2, 0.25) is 0 Å². The van der Waals surface area contributed by atoms with Gasteiger partial charge in [-0.05, 0) is 18.2 Å². The van der Waals surface area contributed by atoms with Gasteiger partial charge in [0.1, 0.15) is 11.5 Å². The van der Waals surface area contributed by atoms with Gasteiger partial charge in [-0.2, -0.15) is 18.3 Å². The van der Waals surface area contributed by atoms with Crippen molar-refractivity contribution in [1.29, 1.82) is 0 Å². The number of hydrogen-bond donors (Lipinski definition) is 0. The summed E-state index contributed by atoms with van der Waals surface area (Å²) in [5, 5.41) is 3.60. The number of hydrogen-bond acceptors (Lipinski definition) is 1. The van der Waals surface area contributed by atoms with E-state index in [1.54, 1.807) is 0 Å². The SMILES string of the molecule is Fc1cccc(C(F)(F)F)c1-n1cccn1. The summed E-state index contributed by atoms with van der Waals surface area (Å²) < 4.78 is 52.1. The lowest BCUT2D eigenvalue weighted by Crippen LogP contribution is -2.12. The van der Waals surface area contributed by atoms with Gasteiger partial charge in [0.25, 0.3) is 0 Å². The quantitative estimate of drug-likeness (QED) is 0.688. The predicted molar refractivity (Wildman–Crippen MR) is 48.5 cm³/mol. The molecule has 84 valence electrons. The monoisotopic (exact) mass is 230 g/mol. The molecule has 0 aliphatic rings. The van der Waals surface area contributed by atoms with Crippen molar-refractivity contribution in [2.75, 3.05) is 0 Å². The lowest BCUT2D eigenvalue weighted by atomic mass is 10.1. The van der Waals surface area contributed by atoms with Crippen LogP contribution in [0.1, 0.15) is 5.56 Å². The van der Waals surface area contributed by atoms with Crippen LogP contribution in [0.3, 0.4) is 0 Å². The van der Waals surface area contributed by atoms with E-state index in [2.05, 4.69) is 5.10 Å². The van der Waals surface area contributed by atoms with Crippen LogP contribution in [0.4, 0.5) is 17.6 Å².